The van der Waals surface area contributed by atoms with Gasteiger partial charge in [-0.25, -0.2) is 0 Å². The monoisotopic (exact) mass is 319 g/mol. The molecule has 124 valence electrons. The first kappa shape index (κ1) is 15.3. The molecular formula is C21H25N3. The smallest absolute Gasteiger partial charge is 0.0913 e. The van der Waals surface area contributed by atoms with Crippen molar-refractivity contribution in [3.8, 4) is 0 Å². The fourth-order valence-corrected chi connectivity index (χ4v) is 3.54. The molecule has 0 bridgehead atoms. The molecule has 24 heavy (non-hydrogen) atoms. The van der Waals surface area contributed by atoms with Crippen molar-refractivity contribution in [3.05, 3.63) is 65.7 Å². The molecule has 2 aromatic rings. The van der Waals surface area contributed by atoms with Crippen LogP contribution in [0.5, 0.6) is 0 Å². The largest absolute Gasteiger partial charge is 0.371 e. The summed E-state index contributed by atoms with van der Waals surface area (Å²) >= 11 is 0. The van der Waals surface area contributed by atoms with Crippen LogP contribution in [0.25, 0.3) is 0 Å². The first-order valence-electron chi connectivity index (χ1n) is 9.11. The molecule has 3 heteroatoms. The Kier molecular flexibility index (Phi) is 4.50. The van der Waals surface area contributed by atoms with Crippen LogP contribution < -0.4 is 4.90 Å². The third kappa shape index (κ3) is 3.45. The van der Waals surface area contributed by atoms with E-state index in [9.17, 15) is 0 Å². The van der Waals surface area contributed by atoms with Gasteiger partial charge in [0.05, 0.1) is 18.8 Å². The van der Waals surface area contributed by atoms with Crippen molar-refractivity contribution in [3.63, 3.8) is 0 Å². The van der Waals surface area contributed by atoms with Crippen LogP contribution in [0.1, 0.15) is 42.9 Å². The Hall–Kier alpha value is -2.29. The van der Waals surface area contributed by atoms with E-state index in [1.54, 1.807) is 0 Å². The number of hydrogen-bond acceptors (Lipinski definition) is 3. The van der Waals surface area contributed by atoms with E-state index >= 15 is 0 Å². The number of para-hydroxylation sites is 1. The molecule has 0 saturated carbocycles. The highest BCUT2D eigenvalue weighted by molar-refractivity contribution is 5.88. The zero-order chi connectivity index (χ0) is 16.2. The van der Waals surface area contributed by atoms with Crippen molar-refractivity contribution in [1.29, 1.82) is 0 Å². The Labute approximate surface area is 144 Å². The quantitative estimate of drug-likeness (QED) is 0.612. The molecule has 2 heterocycles. The molecule has 0 spiro atoms. The lowest BCUT2D eigenvalue weighted by Gasteiger charge is -2.24. The van der Waals surface area contributed by atoms with E-state index in [1.807, 2.05) is 6.21 Å². The minimum Gasteiger partial charge on any atom is -0.371 e. The second-order valence-electron chi connectivity index (χ2n) is 6.75. The van der Waals surface area contributed by atoms with Crippen molar-refractivity contribution in [2.75, 3.05) is 24.5 Å². The molecule has 1 unspecified atom stereocenters. The van der Waals surface area contributed by atoms with E-state index in [0.29, 0.717) is 6.04 Å². The predicted molar refractivity (Wildman–Crippen MR) is 101 cm³/mol. The maximum atomic E-state index is 4.72. The first-order valence-corrected chi connectivity index (χ1v) is 9.11. The van der Waals surface area contributed by atoms with Crippen molar-refractivity contribution in [1.82, 2.24) is 5.01 Å². The Bertz CT molecular complexity index is 687. The minimum atomic E-state index is 0.452. The fourth-order valence-electron chi connectivity index (χ4n) is 3.54. The average Bonchev–Trinajstić information content (AvgIpc) is 3.45. The van der Waals surface area contributed by atoms with Crippen LogP contribution in [-0.2, 0) is 0 Å². The predicted octanol–water partition coefficient (Wildman–Crippen LogP) is 4.46. The maximum absolute atomic E-state index is 4.72. The van der Waals surface area contributed by atoms with Crippen molar-refractivity contribution in [2.45, 2.75) is 31.7 Å². The van der Waals surface area contributed by atoms with Crippen LogP contribution in [0.4, 0.5) is 5.69 Å². The van der Waals surface area contributed by atoms with Crippen LogP contribution in [0, 0.1) is 0 Å². The number of hydrazone groups is 1. The standard InChI is InChI=1S/C21H25N3/c1-2-9-15-23(14-8-1)20-13-7-6-12-19(20)16-22-24-17-21(24)18-10-4-3-5-11-18/h3-7,10-13,16,21H,1-2,8-9,14-15,17H2/b22-16+. The lowest BCUT2D eigenvalue weighted by atomic mass is 10.1. The van der Waals surface area contributed by atoms with Gasteiger partial charge in [-0.15, -0.1) is 0 Å². The van der Waals surface area contributed by atoms with Crippen molar-refractivity contribution < 1.29 is 0 Å². The molecule has 2 aromatic carbocycles. The molecule has 2 aliphatic heterocycles. The average molecular weight is 319 g/mol. The Morgan fingerprint density at radius 2 is 1.54 bits per heavy atom. The zero-order valence-electron chi connectivity index (χ0n) is 14.1. The highest BCUT2D eigenvalue weighted by Gasteiger charge is 2.34. The number of benzene rings is 2. The molecule has 3 nitrogen and oxygen atoms in total. The third-order valence-electron chi connectivity index (χ3n) is 5.00. The summed E-state index contributed by atoms with van der Waals surface area (Å²) in [6.45, 7) is 3.36. The summed E-state index contributed by atoms with van der Waals surface area (Å²) in [5.41, 5.74) is 3.93. The van der Waals surface area contributed by atoms with E-state index in [4.69, 9.17) is 5.10 Å². The van der Waals surface area contributed by atoms with E-state index < -0.39 is 0 Å². The van der Waals surface area contributed by atoms with Gasteiger partial charge in [0.15, 0.2) is 0 Å². The van der Waals surface area contributed by atoms with Crippen molar-refractivity contribution >= 4 is 11.9 Å². The SMILES string of the molecule is C(=N\N1CC1c1ccccc1)/c1ccccc1N1CCCCCC1. The summed E-state index contributed by atoms with van der Waals surface area (Å²) in [6, 6.07) is 19.8. The highest BCUT2D eigenvalue weighted by Crippen LogP contribution is 2.34. The van der Waals surface area contributed by atoms with Crippen LogP contribution >= 0.6 is 0 Å². The maximum Gasteiger partial charge on any atom is 0.0913 e. The molecule has 2 aliphatic rings. The topological polar surface area (TPSA) is 18.6 Å². The number of nitrogens with zero attached hydrogens (tertiary/aromatic N) is 3. The van der Waals surface area contributed by atoms with Crippen LogP contribution in [0.3, 0.4) is 0 Å². The van der Waals surface area contributed by atoms with Gasteiger partial charge in [0.1, 0.15) is 0 Å². The van der Waals surface area contributed by atoms with Crippen LogP contribution in [0.15, 0.2) is 59.7 Å². The highest BCUT2D eigenvalue weighted by atomic mass is 15.6. The Balaban J connectivity index is 1.47. The van der Waals surface area contributed by atoms with Gasteiger partial charge < -0.3 is 4.90 Å². The van der Waals surface area contributed by atoms with Gasteiger partial charge >= 0.3 is 0 Å². The molecule has 0 aliphatic carbocycles. The van der Waals surface area contributed by atoms with Crippen molar-refractivity contribution in [2.24, 2.45) is 5.10 Å². The molecule has 0 radical (unpaired) electrons. The van der Waals surface area contributed by atoms with Gasteiger partial charge in [-0.3, -0.25) is 5.01 Å². The van der Waals surface area contributed by atoms with E-state index in [1.165, 1.54) is 55.6 Å². The lowest BCUT2D eigenvalue weighted by molar-refractivity contribution is 0.556. The number of rotatable bonds is 4. The molecule has 0 N–H and O–H groups in total. The van der Waals surface area contributed by atoms with Gasteiger partial charge in [-0.1, -0.05) is 61.4 Å². The van der Waals surface area contributed by atoms with Crippen LogP contribution in [0.2, 0.25) is 0 Å². The minimum absolute atomic E-state index is 0.452. The summed E-state index contributed by atoms with van der Waals surface area (Å²) in [5.74, 6) is 0. The Morgan fingerprint density at radius 3 is 2.33 bits per heavy atom. The van der Waals surface area contributed by atoms with Gasteiger partial charge in [-0.05, 0) is 24.5 Å². The first-order chi connectivity index (χ1) is 11.9. The summed E-state index contributed by atoms with van der Waals surface area (Å²) in [6.07, 6.45) is 7.36. The number of anilines is 1. The molecule has 2 fully saturated rings. The summed E-state index contributed by atoms with van der Waals surface area (Å²) < 4.78 is 0. The summed E-state index contributed by atoms with van der Waals surface area (Å²) in [7, 11) is 0. The van der Waals surface area contributed by atoms with Gasteiger partial charge in [0.2, 0.25) is 0 Å². The molecule has 4 rings (SSSR count). The second-order valence-corrected chi connectivity index (χ2v) is 6.75. The summed E-state index contributed by atoms with van der Waals surface area (Å²) in [5, 5.41) is 6.89. The zero-order valence-corrected chi connectivity index (χ0v) is 14.1. The molecule has 0 amide bonds. The Morgan fingerprint density at radius 1 is 0.833 bits per heavy atom. The summed E-state index contributed by atoms with van der Waals surface area (Å²) in [4.78, 5) is 2.53. The van der Waals surface area contributed by atoms with Gasteiger partial charge in [-0.2, -0.15) is 5.10 Å². The normalized spacial score (nSPS) is 21.1. The lowest BCUT2D eigenvalue weighted by Crippen LogP contribution is -2.24. The molecule has 2 saturated heterocycles. The fraction of sp³-hybridized carbons (Fsp3) is 0.381. The van der Waals surface area contributed by atoms with E-state index in [-0.39, 0.29) is 0 Å². The van der Waals surface area contributed by atoms with Crippen LogP contribution in [-0.4, -0.2) is 30.9 Å². The molecule has 0 aromatic heterocycles. The van der Waals surface area contributed by atoms with E-state index in [2.05, 4.69) is 64.5 Å². The van der Waals surface area contributed by atoms with E-state index in [0.717, 1.165) is 6.54 Å². The molecular weight excluding hydrogens is 294 g/mol. The molecule has 1 atom stereocenters. The van der Waals surface area contributed by atoms with Gasteiger partial charge in [0, 0.05) is 24.3 Å². The second kappa shape index (κ2) is 7.08. The van der Waals surface area contributed by atoms with Gasteiger partial charge in [0.25, 0.3) is 0 Å². The number of hydrogen-bond donors (Lipinski definition) is 0. The third-order valence-corrected chi connectivity index (χ3v) is 5.00.